The maximum Gasteiger partial charge on any atom is 0.250 e. The summed E-state index contributed by atoms with van der Waals surface area (Å²) < 4.78 is 0. The number of carbonyl (C=O) groups excluding carboxylic acids is 1. The molecule has 13 heavy (non-hydrogen) atoms. The van der Waals surface area contributed by atoms with Crippen molar-refractivity contribution < 1.29 is 9.90 Å². The monoisotopic (exact) mass is 197 g/mol. The van der Waals surface area contributed by atoms with Crippen LogP contribution in [0, 0.1) is 0 Å². The van der Waals surface area contributed by atoms with Crippen molar-refractivity contribution in [3.63, 3.8) is 0 Å². The second-order valence-corrected chi connectivity index (χ2v) is 3.46. The minimum Gasteiger partial charge on any atom is -0.378 e. The van der Waals surface area contributed by atoms with Crippen LogP contribution in [0.4, 0.5) is 0 Å². The van der Waals surface area contributed by atoms with Gasteiger partial charge in [0.2, 0.25) is 0 Å². The molecular weight excluding hydrogens is 186 g/mol. The van der Waals surface area contributed by atoms with Crippen LogP contribution in [0.5, 0.6) is 0 Å². The zero-order chi connectivity index (χ0) is 9.84. The maximum atomic E-state index is 10.6. The van der Waals surface area contributed by atoms with Gasteiger partial charge in [0.15, 0.2) is 6.10 Å². The number of nitrogens with two attached hydrogens (primary N) is 1. The lowest BCUT2D eigenvalue weighted by molar-refractivity contribution is -0.126. The molecule has 0 aliphatic carbocycles. The van der Waals surface area contributed by atoms with E-state index in [0.29, 0.717) is 5.56 Å². The zero-order valence-corrected chi connectivity index (χ0v) is 8.04. The molecular formula is C9H11NO2S. The Bertz CT molecular complexity index is 297. The van der Waals surface area contributed by atoms with Gasteiger partial charge in [-0.05, 0) is 24.0 Å². The van der Waals surface area contributed by atoms with Crippen molar-refractivity contribution in [2.75, 3.05) is 6.26 Å². The van der Waals surface area contributed by atoms with Gasteiger partial charge in [0.25, 0.3) is 5.91 Å². The van der Waals surface area contributed by atoms with Crippen molar-refractivity contribution in [1.29, 1.82) is 0 Å². The average molecular weight is 197 g/mol. The predicted molar refractivity (Wildman–Crippen MR) is 52.4 cm³/mol. The standard InChI is InChI=1S/C9H11NO2S/c1-13-7-4-2-6(3-5-7)8(11)9(10)12/h2-5,8,11H,1H3,(H2,10,12). The molecule has 0 aliphatic heterocycles. The highest BCUT2D eigenvalue weighted by atomic mass is 32.2. The normalized spacial score (nSPS) is 12.5. The SMILES string of the molecule is CSc1ccc(C(O)C(N)=O)cc1. The summed E-state index contributed by atoms with van der Waals surface area (Å²) in [5.74, 6) is -0.725. The molecule has 70 valence electrons. The average Bonchev–Trinajstić information content (AvgIpc) is 2.17. The van der Waals surface area contributed by atoms with Crippen LogP contribution >= 0.6 is 11.8 Å². The lowest BCUT2D eigenvalue weighted by Crippen LogP contribution is -2.20. The van der Waals surface area contributed by atoms with E-state index in [1.54, 1.807) is 23.9 Å². The molecule has 0 radical (unpaired) electrons. The van der Waals surface area contributed by atoms with Crippen molar-refractivity contribution in [3.05, 3.63) is 29.8 Å². The van der Waals surface area contributed by atoms with Crippen molar-refractivity contribution in [2.24, 2.45) is 5.73 Å². The Morgan fingerprint density at radius 2 is 2.00 bits per heavy atom. The number of rotatable bonds is 3. The maximum absolute atomic E-state index is 10.6. The number of carbonyl (C=O) groups is 1. The Balaban J connectivity index is 2.85. The smallest absolute Gasteiger partial charge is 0.250 e. The first kappa shape index (κ1) is 10.1. The third-order valence-electron chi connectivity index (χ3n) is 1.70. The number of amides is 1. The fraction of sp³-hybridized carbons (Fsp3) is 0.222. The number of primary amides is 1. The number of hydrogen-bond acceptors (Lipinski definition) is 3. The Labute approximate surface area is 80.9 Å². The van der Waals surface area contributed by atoms with E-state index in [1.165, 1.54) is 0 Å². The van der Waals surface area contributed by atoms with Crippen LogP contribution in [0.25, 0.3) is 0 Å². The number of aliphatic hydroxyl groups excluding tert-OH is 1. The summed E-state index contributed by atoms with van der Waals surface area (Å²) >= 11 is 1.60. The highest BCUT2D eigenvalue weighted by molar-refractivity contribution is 7.98. The van der Waals surface area contributed by atoms with Gasteiger partial charge in [-0.25, -0.2) is 0 Å². The molecule has 3 nitrogen and oxygen atoms in total. The van der Waals surface area contributed by atoms with Crippen LogP contribution in [-0.4, -0.2) is 17.3 Å². The Kier molecular flexibility index (Phi) is 3.33. The van der Waals surface area contributed by atoms with Gasteiger partial charge in [-0.2, -0.15) is 0 Å². The second kappa shape index (κ2) is 4.30. The van der Waals surface area contributed by atoms with E-state index in [9.17, 15) is 9.90 Å². The number of benzene rings is 1. The van der Waals surface area contributed by atoms with E-state index in [1.807, 2.05) is 18.4 Å². The van der Waals surface area contributed by atoms with Crippen LogP contribution in [0.1, 0.15) is 11.7 Å². The summed E-state index contributed by atoms with van der Waals surface area (Å²) in [4.78, 5) is 11.7. The molecule has 0 aromatic heterocycles. The molecule has 0 aliphatic rings. The molecule has 0 fully saturated rings. The minimum absolute atomic E-state index is 0.533. The molecule has 1 atom stereocenters. The first-order chi connectivity index (χ1) is 6.15. The summed E-state index contributed by atoms with van der Waals surface area (Å²) in [6.45, 7) is 0. The van der Waals surface area contributed by atoms with Gasteiger partial charge in [-0.1, -0.05) is 12.1 Å². The molecule has 1 rings (SSSR count). The molecule has 4 heteroatoms. The van der Waals surface area contributed by atoms with E-state index in [-0.39, 0.29) is 0 Å². The summed E-state index contributed by atoms with van der Waals surface area (Å²) in [7, 11) is 0. The number of hydrogen-bond donors (Lipinski definition) is 2. The van der Waals surface area contributed by atoms with Crippen LogP contribution in [0.2, 0.25) is 0 Å². The van der Waals surface area contributed by atoms with Gasteiger partial charge in [0.05, 0.1) is 0 Å². The van der Waals surface area contributed by atoms with Crippen LogP contribution in [0.15, 0.2) is 29.2 Å². The largest absolute Gasteiger partial charge is 0.378 e. The molecule has 0 spiro atoms. The third-order valence-corrected chi connectivity index (χ3v) is 2.44. The lowest BCUT2D eigenvalue weighted by atomic mass is 10.1. The molecule has 0 saturated heterocycles. The Hall–Kier alpha value is -1.00. The van der Waals surface area contributed by atoms with Crippen LogP contribution < -0.4 is 5.73 Å². The molecule has 1 unspecified atom stereocenters. The summed E-state index contributed by atoms with van der Waals surface area (Å²) in [5, 5.41) is 9.28. The quantitative estimate of drug-likeness (QED) is 0.708. The van der Waals surface area contributed by atoms with E-state index in [0.717, 1.165) is 4.90 Å². The molecule has 0 heterocycles. The Morgan fingerprint density at radius 1 is 1.46 bits per heavy atom. The van der Waals surface area contributed by atoms with Gasteiger partial charge in [0, 0.05) is 4.90 Å². The lowest BCUT2D eigenvalue weighted by Gasteiger charge is -2.06. The molecule has 1 aromatic carbocycles. The number of thioether (sulfide) groups is 1. The van der Waals surface area contributed by atoms with Gasteiger partial charge in [-0.3, -0.25) is 4.79 Å². The van der Waals surface area contributed by atoms with E-state index in [4.69, 9.17) is 5.73 Å². The minimum atomic E-state index is -1.20. The van der Waals surface area contributed by atoms with E-state index >= 15 is 0 Å². The van der Waals surface area contributed by atoms with Gasteiger partial charge < -0.3 is 10.8 Å². The third kappa shape index (κ3) is 2.47. The Morgan fingerprint density at radius 3 is 2.38 bits per heavy atom. The van der Waals surface area contributed by atoms with E-state index in [2.05, 4.69) is 0 Å². The summed E-state index contributed by atoms with van der Waals surface area (Å²) in [6.07, 6.45) is 0.760. The zero-order valence-electron chi connectivity index (χ0n) is 7.23. The van der Waals surface area contributed by atoms with Crippen LogP contribution in [0.3, 0.4) is 0 Å². The van der Waals surface area contributed by atoms with Gasteiger partial charge in [0.1, 0.15) is 0 Å². The van der Waals surface area contributed by atoms with Crippen LogP contribution in [-0.2, 0) is 4.79 Å². The summed E-state index contributed by atoms with van der Waals surface area (Å²) in [6, 6.07) is 7.07. The fourth-order valence-electron chi connectivity index (χ4n) is 0.950. The van der Waals surface area contributed by atoms with Crippen molar-refractivity contribution in [1.82, 2.24) is 0 Å². The van der Waals surface area contributed by atoms with E-state index < -0.39 is 12.0 Å². The predicted octanol–water partition coefficient (Wildman–Crippen LogP) is 0.927. The molecule has 1 aromatic rings. The number of aliphatic hydroxyl groups is 1. The van der Waals surface area contributed by atoms with Crippen molar-refractivity contribution in [2.45, 2.75) is 11.0 Å². The molecule has 0 bridgehead atoms. The highest BCUT2D eigenvalue weighted by Gasteiger charge is 2.12. The summed E-state index contributed by atoms with van der Waals surface area (Å²) in [5.41, 5.74) is 5.48. The van der Waals surface area contributed by atoms with Crippen molar-refractivity contribution in [3.8, 4) is 0 Å². The molecule has 0 saturated carbocycles. The first-order valence-electron chi connectivity index (χ1n) is 3.76. The first-order valence-corrected chi connectivity index (χ1v) is 4.99. The molecule has 1 amide bonds. The van der Waals surface area contributed by atoms with Gasteiger partial charge >= 0.3 is 0 Å². The molecule has 3 N–H and O–H groups in total. The van der Waals surface area contributed by atoms with Gasteiger partial charge in [-0.15, -0.1) is 11.8 Å². The highest BCUT2D eigenvalue weighted by Crippen LogP contribution is 2.18. The van der Waals surface area contributed by atoms with Crippen molar-refractivity contribution >= 4 is 17.7 Å². The fourth-order valence-corrected chi connectivity index (χ4v) is 1.36. The topological polar surface area (TPSA) is 63.3 Å². The second-order valence-electron chi connectivity index (χ2n) is 2.58.